The van der Waals surface area contributed by atoms with Crippen LogP contribution in [0.15, 0.2) is 40.4 Å². The van der Waals surface area contributed by atoms with Crippen LogP contribution in [0.2, 0.25) is 0 Å². The van der Waals surface area contributed by atoms with E-state index in [0.29, 0.717) is 22.8 Å². The van der Waals surface area contributed by atoms with Crippen LogP contribution in [0.5, 0.6) is 5.75 Å². The molecule has 3 heterocycles. The van der Waals surface area contributed by atoms with Gasteiger partial charge >= 0.3 is 5.92 Å². The molecule has 0 saturated heterocycles. The summed E-state index contributed by atoms with van der Waals surface area (Å²) in [7, 11) is 0. The highest BCUT2D eigenvalue weighted by Gasteiger charge is 2.56. The van der Waals surface area contributed by atoms with Gasteiger partial charge in [-0.25, -0.2) is 23.1 Å². The van der Waals surface area contributed by atoms with Crippen molar-refractivity contribution in [3.63, 3.8) is 0 Å². The number of alkyl halides is 4. The number of ether oxygens (including phenoxy) is 2. The maximum absolute atomic E-state index is 14.8. The van der Waals surface area contributed by atoms with E-state index in [4.69, 9.17) is 10.5 Å². The fraction of sp³-hybridized carbons (Fsp3) is 0.350. The molecule has 1 aromatic carbocycles. The molecule has 0 fully saturated rings. The second kappa shape index (κ2) is 7.92. The summed E-state index contributed by atoms with van der Waals surface area (Å²) in [6.07, 6.45) is -1.36. The molecule has 3 N–H and O–H groups in total. The zero-order valence-corrected chi connectivity index (χ0v) is 16.7. The number of rotatable bonds is 5. The van der Waals surface area contributed by atoms with Crippen LogP contribution in [-0.4, -0.2) is 42.4 Å². The highest BCUT2D eigenvalue weighted by atomic mass is 19.3. The molecule has 0 amide bonds. The Morgan fingerprint density at radius 1 is 1.28 bits per heavy atom. The largest absolute Gasteiger partial charge is 0.486 e. The molecule has 2 aliphatic heterocycles. The summed E-state index contributed by atoms with van der Waals surface area (Å²) >= 11 is 0. The van der Waals surface area contributed by atoms with Crippen molar-refractivity contribution in [3.05, 3.63) is 53.1 Å². The highest BCUT2D eigenvalue weighted by molar-refractivity contribution is 6.08. The lowest BCUT2D eigenvalue weighted by molar-refractivity contribution is -0.117. The van der Waals surface area contributed by atoms with Crippen molar-refractivity contribution in [1.29, 1.82) is 0 Å². The Labute approximate surface area is 179 Å². The van der Waals surface area contributed by atoms with E-state index in [9.17, 15) is 22.0 Å². The van der Waals surface area contributed by atoms with Gasteiger partial charge in [0.25, 0.3) is 12.4 Å². The van der Waals surface area contributed by atoms with Crippen molar-refractivity contribution in [1.82, 2.24) is 4.98 Å². The van der Waals surface area contributed by atoms with Gasteiger partial charge in [0, 0.05) is 16.8 Å². The van der Waals surface area contributed by atoms with Gasteiger partial charge in [0.05, 0.1) is 12.7 Å². The summed E-state index contributed by atoms with van der Waals surface area (Å²) in [6.45, 7) is -0.630. The van der Waals surface area contributed by atoms with Crippen LogP contribution < -0.4 is 15.8 Å². The fourth-order valence-corrected chi connectivity index (χ4v) is 3.37. The van der Waals surface area contributed by atoms with Crippen molar-refractivity contribution < 1.29 is 31.4 Å². The van der Waals surface area contributed by atoms with Gasteiger partial charge in [-0.05, 0) is 31.2 Å². The van der Waals surface area contributed by atoms with E-state index < -0.39 is 42.9 Å². The lowest BCUT2D eigenvalue weighted by Gasteiger charge is -2.38. The number of hydrogen-bond donors (Lipinski definition) is 2. The molecular weight excluding hydrogens is 437 g/mol. The number of anilines is 1. The topological polar surface area (TPSA) is 94.1 Å². The van der Waals surface area contributed by atoms with Crippen LogP contribution in [0, 0.1) is 5.82 Å². The maximum atomic E-state index is 14.8. The summed E-state index contributed by atoms with van der Waals surface area (Å²) < 4.78 is 78.2. The number of amidine groups is 2. The summed E-state index contributed by atoms with van der Waals surface area (Å²) in [5.74, 6) is -3.93. The number of nitrogens with two attached hydrogens (primary N) is 1. The monoisotopic (exact) mass is 455 g/mol. The molecule has 0 bridgehead atoms. The molecule has 12 heteroatoms. The zero-order valence-electron chi connectivity index (χ0n) is 16.7. The van der Waals surface area contributed by atoms with E-state index in [1.165, 1.54) is 24.4 Å². The minimum atomic E-state index is -3.51. The lowest BCUT2D eigenvalue weighted by Crippen LogP contribution is -2.51. The van der Waals surface area contributed by atoms with E-state index in [1.54, 1.807) is 0 Å². The fourth-order valence-electron chi connectivity index (χ4n) is 3.37. The van der Waals surface area contributed by atoms with E-state index >= 15 is 0 Å². The molecule has 4 rings (SSSR count). The molecule has 7 nitrogen and oxygen atoms in total. The van der Waals surface area contributed by atoms with Gasteiger partial charge in [-0.3, -0.25) is 4.99 Å². The lowest BCUT2D eigenvalue weighted by atomic mass is 9.84. The number of nitrogens with one attached hydrogen (secondary N) is 1. The first-order valence-electron chi connectivity index (χ1n) is 9.47. The van der Waals surface area contributed by atoms with E-state index in [2.05, 4.69) is 25.0 Å². The van der Waals surface area contributed by atoms with Crippen LogP contribution in [-0.2, 0) is 16.8 Å². The molecule has 1 aromatic heterocycles. The Bertz CT molecular complexity index is 1090. The maximum Gasteiger partial charge on any atom is 0.310 e. The minimum Gasteiger partial charge on any atom is -0.486 e. The Hall–Kier alpha value is -3.44. The van der Waals surface area contributed by atoms with Gasteiger partial charge in [0.2, 0.25) is 0 Å². The molecule has 32 heavy (non-hydrogen) atoms. The number of hydrogen-bond acceptors (Lipinski definition) is 7. The van der Waals surface area contributed by atoms with Crippen LogP contribution in [0.25, 0.3) is 0 Å². The quantitative estimate of drug-likeness (QED) is 0.674. The van der Waals surface area contributed by atoms with Gasteiger partial charge in [-0.2, -0.15) is 8.78 Å². The SMILES string of the molecule is C[C@]1(c2cc3c(cc2F)CN=C(c2ccc(OCC(F)F)cn2)N3)N=C(N)OCC1(F)F. The van der Waals surface area contributed by atoms with Crippen molar-refractivity contribution in [2.24, 2.45) is 15.7 Å². The first-order chi connectivity index (χ1) is 15.1. The minimum absolute atomic E-state index is 0.0712. The summed E-state index contributed by atoms with van der Waals surface area (Å²) in [5, 5.41) is 2.95. The first-order valence-corrected chi connectivity index (χ1v) is 9.47. The summed E-state index contributed by atoms with van der Waals surface area (Å²) in [4.78, 5) is 12.1. The molecule has 0 radical (unpaired) electrons. The van der Waals surface area contributed by atoms with Gasteiger partial charge in [-0.15, -0.1) is 0 Å². The number of benzene rings is 1. The second-order valence-corrected chi connectivity index (χ2v) is 7.38. The number of halogens is 5. The van der Waals surface area contributed by atoms with E-state index in [-0.39, 0.29) is 17.9 Å². The van der Waals surface area contributed by atoms with Gasteiger partial charge in [0.15, 0.2) is 18.0 Å². The molecule has 0 aliphatic carbocycles. The first kappa shape index (κ1) is 21.8. The normalized spacial score (nSPS) is 21.7. The van der Waals surface area contributed by atoms with Crippen molar-refractivity contribution >= 4 is 17.5 Å². The van der Waals surface area contributed by atoms with Gasteiger partial charge in [-0.1, -0.05) is 0 Å². The second-order valence-electron chi connectivity index (χ2n) is 7.38. The molecule has 170 valence electrons. The van der Waals surface area contributed by atoms with Crippen molar-refractivity contribution in [2.45, 2.75) is 31.4 Å². The molecule has 0 spiro atoms. The number of fused-ring (bicyclic) bond motifs is 1. The number of pyridine rings is 1. The molecule has 2 aliphatic rings. The molecule has 1 atom stereocenters. The predicted molar refractivity (Wildman–Crippen MR) is 106 cm³/mol. The molecule has 2 aromatic rings. The highest BCUT2D eigenvalue weighted by Crippen LogP contribution is 2.45. The average molecular weight is 455 g/mol. The third kappa shape index (κ3) is 3.92. The Morgan fingerprint density at radius 2 is 2.06 bits per heavy atom. The van der Waals surface area contributed by atoms with Crippen LogP contribution in [0.3, 0.4) is 0 Å². The van der Waals surface area contributed by atoms with Crippen LogP contribution >= 0.6 is 0 Å². The number of nitrogens with zero attached hydrogens (tertiary/aromatic N) is 3. The average Bonchev–Trinajstić information content (AvgIpc) is 2.75. The third-order valence-corrected chi connectivity index (χ3v) is 5.18. The standard InChI is InChI=1S/C20H18F5N5O2/c1-19(20(24,25)9-32-18(26)30-19)12-5-15-10(4-13(12)21)6-28-17(29-15)14-3-2-11(7-27-14)31-8-16(22)23/h2-5,7,16H,6,8-9H2,1H3,(H2,26,30)(H,28,29)/t19-/m1/s1. The molecular formula is C20H18F5N5O2. The third-order valence-electron chi connectivity index (χ3n) is 5.18. The number of aliphatic imine (C=N–C) groups is 2. The van der Waals surface area contributed by atoms with Crippen LogP contribution in [0.1, 0.15) is 23.7 Å². The Balaban J connectivity index is 1.62. The predicted octanol–water partition coefficient (Wildman–Crippen LogP) is 3.43. The molecule has 0 unspecified atom stereocenters. The smallest absolute Gasteiger partial charge is 0.310 e. The Morgan fingerprint density at radius 3 is 2.75 bits per heavy atom. The van der Waals surface area contributed by atoms with Gasteiger partial charge < -0.3 is 20.5 Å². The molecule has 0 saturated carbocycles. The summed E-state index contributed by atoms with van der Waals surface area (Å²) in [6, 6.07) is 4.86. The number of aromatic nitrogens is 1. The van der Waals surface area contributed by atoms with Gasteiger partial charge in [0.1, 0.15) is 23.9 Å². The Kier molecular flexibility index (Phi) is 5.39. The van der Waals surface area contributed by atoms with E-state index in [1.807, 2.05) is 0 Å². The summed E-state index contributed by atoms with van der Waals surface area (Å²) in [5.41, 5.74) is 4.01. The van der Waals surface area contributed by atoms with Crippen LogP contribution in [0.4, 0.5) is 27.6 Å². The van der Waals surface area contributed by atoms with E-state index in [0.717, 1.165) is 13.0 Å². The van der Waals surface area contributed by atoms with Crippen molar-refractivity contribution in [3.8, 4) is 5.75 Å². The zero-order chi connectivity index (χ0) is 23.1. The van der Waals surface area contributed by atoms with Crippen molar-refractivity contribution in [2.75, 3.05) is 18.5 Å².